The van der Waals surface area contributed by atoms with Crippen LogP contribution in [0, 0.1) is 41.5 Å². The standard InChI is InChI=1S/C24H31O3P/c1-9-20(8)28(27,23(25)21-16(4)10-14(2)11-17(21)5)24(26)22-18(6)12-15(3)13-19(22)7/h10-13,20H,9H2,1-8H3. The van der Waals surface area contributed by atoms with Gasteiger partial charge in [-0.3, -0.25) is 9.59 Å². The van der Waals surface area contributed by atoms with Crippen LogP contribution in [0.15, 0.2) is 24.3 Å². The Kier molecular flexibility index (Phi) is 6.51. The van der Waals surface area contributed by atoms with Crippen LogP contribution in [0.4, 0.5) is 0 Å². The lowest BCUT2D eigenvalue weighted by atomic mass is 10.0. The molecule has 0 saturated heterocycles. The van der Waals surface area contributed by atoms with Gasteiger partial charge in [-0.2, -0.15) is 0 Å². The Hall–Kier alpha value is -1.99. The smallest absolute Gasteiger partial charge is 0.229 e. The van der Waals surface area contributed by atoms with Crippen molar-refractivity contribution in [2.75, 3.05) is 0 Å². The van der Waals surface area contributed by atoms with E-state index < -0.39 is 23.8 Å². The Bertz CT molecular complexity index is 881. The second-order valence-electron chi connectivity index (χ2n) is 8.07. The van der Waals surface area contributed by atoms with Crippen molar-refractivity contribution >= 4 is 18.2 Å². The molecule has 0 aliphatic heterocycles. The van der Waals surface area contributed by atoms with Crippen molar-refractivity contribution < 1.29 is 14.2 Å². The number of carbonyl (C=O) groups is 2. The van der Waals surface area contributed by atoms with Crippen molar-refractivity contribution in [2.24, 2.45) is 0 Å². The van der Waals surface area contributed by atoms with Crippen LogP contribution in [0.25, 0.3) is 0 Å². The lowest BCUT2D eigenvalue weighted by Gasteiger charge is -2.25. The molecule has 3 nitrogen and oxygen atoms in total. The Morgan fingerprint density at radius 2 is 1.04 bits per heavy atom. The SMILES string of the molecule is CCC(C)P(=O)(C(=O)c1c(C)cc(C)cc1C)C(=O)c1c(C)cc(C)cc1C. The monoisotopic (exact) mass is 398 g/mol. The van der Waals surface area contributed by atoms with Crippen LogP contribution in [-0.4, -0.2) is 16.7 Å². The number of rotatable bonds is 6. The summed E-state index contributed by atoms with van der Waals surface area (Å²) in [6.45, 7) is 15.0. The van der Waals surface area contributed by atoms with Gasteiger partial charge in [0.15, 0.2) is 0 Å². The molecule has 4 heteroatoms. The summed E-state index contributed by atoms with van der Waals surface area (Å²) < 4.78 is 14.2. The van der Waals surface area contributed by atoms with Crippen LogP contribution in [-0.2, 0) is 4.57 Å². The maximum atomic E-state index is 14.2. The molecule has 0 aliphatic rings. The van der Waals surface area contributed by atoms with Crippen molar-refractivity contribution in [3.63, 3.8) is 0 Å². The number of hydrogen-bond donors (Lipinski definition) is 0. The van der Waals surface area contributed by atoms with Gasteiger partial charge in [-0.05, 0) is 70.2 Å². The van der Waals surface area contributed by atoms with E-state index in [2.05, 4.69) is 0 Å². The predicted octanol–water partition coefficient (Wildman–Crippen LogP) is 6.68. The van der Waals surface area contributed by atoms with E-state index in [-0.39, 0.29) is 0 Å². The molecule has 0 spiro atoms. The summed E-state index contributed by atoms with van der Waals surface area (Å²) in [4.78, 5) is 27.3. The first-order valence-electron chi connectivity index (χ1n) is 9.80. The van der Waals surface area contributed by atoms with E-state index in [1.54, 1.807) is 6.92 Å². The van der Waals surface area contributed by atoms with Gasteiger partial charge in [0.05, 0.1) is 0 Å². The lowest BCUT2D eigenvalue weighted by molar-refractivity contribution is 0.103. The van der Waals surface area contributed by atoms with Gasteiger partial charge in [0.2, 0.25) is 18.2 Å². The molecular formula is C24H31O3P. The highest BCUT2D eigenvalue weighted by molar-refractivity contribution is 7.95. The van der Waals surface area contributed by atoms with Crippen LogP contribution in [0.2, 0.25) is 0 Å². The molecule has 0 fully saturated rings. The highest BCUT2D eigenvalue weighted by Gasteiger charge is 2.46. The van der Waals surface area contributed by atoms with Gasteiger partial charge < -0.3 is 4.57 Å². The zero-order valence-electron chi connectivity index (χ0n) is 18.3. The van der Waals surface area contributed by atoms with E-state index in [0.29, 0.717) is 17.5 Å². The molecule has 0 bridgehead atoms. The fourth-order valence-electron chi connectivity index (χ4n) is 4.12. The summed E-state index contributed by atoms with van der Waals surface area (Å²) in [7, 11) is -3.85. The molecule has 0 heterocycles. The van der Waals surface area contributed by atoms with E-state index in [1.165, 1.54) is 0 Å². The zero-order chi connectivity index (χ0) is 21.4. The minimum atomic E-state index is -3.85. The van der Waals surface area contributed by atoms with Crippen molar-refractivity contribution in [3.8, 4) is 0 Å². The average molecular weight is 398 g/mol. The summed E-state index contributed by atoms with van der Waals surface area (Å²) >= 11 is 0. The second-order valence-corrected chi connectivity index (χ2v) is 11.1. The normalized spacial score (nSPS) is 12.7. The van der Waals surface area contributed by atoms with Gasteiger partial charge in [-0.1, -0.05) is 49.2 Å². The lowest BCUT2D eigenvalue weighted by Crippen LogP contribution is -2.22. The Labute approximate surface area is 168 Å². The van der Waals surface area contributed by atoms with Crippen LogP contribution in [0.1, 0.15) is 74.4 Å². The predicted molar refractivity (Wildman–Crippen MR) is 117 cm³/mol. The van der Waals surface area contributed by atoms with Crippen molar-refractivity contribution in [3.05, 3.63) is 68.8 Å². The first-order chi connectivity index (χ1) is 12.9. The van der Waals surface area contributed by atoms with Gasteiger partial charge in [0.25, 0.3) is 0 Å². The van der Waals surface area contributed by atoms with Gasteiger partial charge in [-0.15, -0.1) is 0 Å². The Morgan fingerprint density at radius 1 is 0.750 bits per heavy atom. The molecule has 150 valence electrons. The third kappa shape index (κ3) is 3.78. The van der Waals surface area contributed by atoms with Crippen molar-refractivity contribution in [1.29, 1.82) is 0 Å². The third-order valence-corrected chi connectivity index (χ3v) is 8.86. The molecular weight excluding hydrogens is 367 g/mol. The average Bonchev–Trinajstić information content (AvgIpc) is 2.58. The van der Waals surface area contributed by atoms with Gasteiger partial charge >= 0.3 is 0 Å². The van der Waals surface area contributed by atoms with Gasteiger partial charge in [0.1, 0.15) is 0 Å². The van der Waals surface area contributed by atoms with E-state index in [9.17, 15) is 14.2 Å². The Balaban J connectivity index is 2.75. The maximum Gasteiger partial charge on any atom is 0.229 e. The van der Waals surface area contributed by atoms with Crippen LogP contribution in [0.3, 0.4) is 0 Å². The van der Waals surface area contributed by atoms with E-state index in [1.807, 2.05) is 72.7 Å². The van der Waals surface area contributed by atoms with Crippen LogP contribution >= 0.6 is 7.14 Å². The minimum Gasteiger partial charge on any atom is -0.306 e. The number of carbonyl (C=O) groups excluding carboxylic acids is 2. The Morgan fingerprint density at radius 3 is 1.29 bits per heavy atom. The molecule has 0 aromatic heterocycles. The maximum absolute atomic E-state index is 14.2. The van der Waals surface area contributed by atoms with Crippen LogP contribution < -0.4 is 0 Å². The molecule has 1 atom stereocenters. The number of hydrogen-bond acceptors (Lipinski definition) is 3. The second kappa shape index (κ2) is 8.17. The highest BCUT2D eigenvalue weighted by atomic mass is 31.2. The first-order valence-corrected chi connectivity index (χ1v) is 11.6. The molecule has 0 radical (unpaired) electrons. The molecule has 2 aromatic carbocycles. The third-order valence-electron chi connectivity index (χ3n) is 5.60. The molecule has 1 unspecified atom stereocenters. The van der Waals surface area contributed by atoms with Crippen molar-refractivity contribution in [2.45, 2.75) is 67.5 Å². The molecule has 0 saturated carbocycles. The molecule has 2 aromatic rings. The van der Waals surface area contributed by atoms with E-state index in [4.69, 9.17) is 0 Å². The highest BCUT2D eigenvalue weighted by Crippen LogP contribution is 2.58. The summed E-state index contributed by atoms with van der Waals surface area (Å²) in [5.74, 6) is 0. The van der Waals surface area contributed by atoms with Gasteiger partial charge in [-0.25, -0.2) is 0 Å². The fourth-order valence-corrected chi connectivity index (χ4v) is 6.99. The topological polar surface area (TPSA) is 51.2 Å². The molecule has 2 rings (SSSR count). The zero-order valence-corrected chi connectivity index (χ0v) is 19.2. The van der Waals surface area contributed by atoms with Crippen LogP contribution in [0.5, 0.6) is 0 Å². The molecule has 0 N–H and O–H groups in total. The summed E-state index contributed by atoms with van der Waals surface area (Å²) in [5.41, 5.74) is 4.55. The summed E-state index contributed by atoms with van der Waals surface area (Å²) in [6, 6.07) is 7.64. The quantitative estimate of drug-likeness (QED) is 0.510. The number of aryl methyl sites for hydroxylation is 6. The first kappa shape index (κ1) is 22.3. The number of benzene rings is 2. The van der Waals surface area contributed by atoms with E-state index in [0.717, 1.165) is 33.4 Å². The largest absolute Gasteiger partial charge is 0.306 e. The van der Waals surface area contributed by atoms with E-state index >= 15 is 0 Å². The fraction of sp³-hybridized carbons (Fsp3) is 0.417. The minimum absolute atomic E-state index is 0.435. The molecule has 28 heavy (non-hydrogen) atoms. The van der Waals surface area contributed by atoms with Gasteiger partial charge in [0, 0.05) is 16.8 Å². The summed E-state index contributed by atoms with van der Waals surface area (Å²) in [6.07, 6.45) is 0.503. The molecule has 0 amide bonds. The summed E-state index contributed by atoms with van der Waals surface area (Å²) in [5, 5.41) is 0. The van der Waals surface area contributed by atoms with Crippen molar-refractivity contribution in [1.82, 2.24) is 0 Å². The molecule has 0 aliphatic carbocycles.